The zero-order valence-electron chi connectivity index (χ0n) is 11.4. The largest absolute Gasteiger partial charge is 0.305 e. The van der Waals surface area contributed by atoms with E-state index < -0.39 is 0 Å². The van der Waals surface area contributed by atoms with Gasteiger partial charge in [-0.15, -0.1) is 0 Å². The lowest BCUT2D eigenvalue weighted by Crippen LogP contribution is -2.16. The minimum Gasteiger partial charge on any atom is -0.305 e. The maximum absolute atomic E-state index is 12.5. The smallest absolute Gasteiger partial charge is 0.275 e. The molecule has 0 saturated heterocycles. The van der Waals surface area contributed by atoms with E-state index in [1.165, 1.54) is 0 Å². The van der Waals surface area contributed by atoms with Crippen LogP contribution in [0.15, 0.2) is 47.2 Å². The van der Waals surface area contributed by atoms with Crippen molar-refractivity contribution in [2.45, 2.75) is 13.3 Å². The molecule has 1 N–H and O–H groups in total. The van der Waals surface area contributed by atoms with Crippen molar-refractivity contribution in [2.75, 3.05) is 5.32 Å². The Labute approximate surface area is 130 Å². The van der Waals surface area contributed by atoms with Crippen molar-refractivity contribution in [3.05, 3.63) is 58.6 Å². The van der Waals surface area contributed by atoms with Gasteiger partial charge in [0.25, 0.3) is 5.91 Å². The maximum atomic E-state index is 12.5. The van der Waals surface area contributed by atoms with Gasteiger partial charge < -0.3 is 5.32 Å². The molecule has 0 saturated carbocycles. The number of aromatic nitrogens is 3. The van der Waals surface area contributed by atoms with Crippen LogP contribution >= 0.6 is 15.9 Å². The van der Waals surface area contributed by atoms with Crippen molar-refractivity contribution >= 4 is 33.3 Å². The molecule has 0 aromatic carbocycles. The number of fused-ring (bicyclic) bond motifs is 1. The number of rotatable bonds is 3. The lowest BCUT2D eigenvalue weighted by atomic mass is 10.2. The Morgan fingerprint density at radius 1 is 1.33 bits per heavy atom. The van der Waals surface area contributed by atoms with Crippen molar-refractivity contribution in [3.63, 3.8) is 0 Å². The normalized spacial score (nSPS) is 10.8. The van der Waals surface area contributed by atoms with Crippen LogP contribution in [0.25, 0.3) is 5.65 Å². The van der Waals surface area contributed by atoms with Crippen molar-refractivity contribution in [3.8, 4) is 0 Å². The van der Waals surface area contributed by atoms with E-state index in [1.807, 2.05) is 37.4 Å². The van der Waals surface area contributed by atoms with E-state index in [1.54, 1.807) is 16.7 Å². The fourth-order valence-electron chi connectivity index (χ4n) is 2.16. The van der Waals surface area contributed by atoms with Gasteiger partial charge in [0.15, 0.2) is 0 Å². The number of nitrogens with zero attached hydrogens (tertiary/aromatic N) is 3. The summed E-state index contributed by atoms with van der Waals surface area (Å²) in [6.07, 6.45) is 4.18. The van der Waals surface area contributed by atoms with Crippen molar-refractivity contribution < 1.29 is 4.79 Å². The van der Waals surface area contributed by atoms with Crippen LogP contribution in [-0.2, 0) is 6.42 Å². The minimum absolute atomic E-state index is 0.208. The first-order valence-corrected chi connectivity index (χ1v) is 7.37. The Hall–Kier alpha value is -2.21. The van der Waals surface area contributed by atoms with E-state index >= 15 is 0 Å². The average Bonchev–Trinajstić information content (AvgIpc) is 2.88. The number of halogens is 1. The van der Waals surface area contributed by atoms with Gasteiger partial charge in [-0.25, -0.2) is 9.97 Å². The molecular weight excluding hydrogens is 332 g/mol. The molecule has 0 aliphatic heterocycles. The SMILES string of the molecule is CCc1nc2ccccn2c1C(=O)Nc1ccc(Br)cn1. The van der Waals surface area contributed by atoms with Crippen molar-refractivity contribution in [1.82, 2.24) is 14.4 Å². The third-order valence-electron chi connectivity index (χ3n) is 3.12. The van der Waals surface area contributed by atoms with Crippen LogP contribution in [0.2, 0.25) is 0 Å². The molecule has 0 fully saturated rings. The van der Waals surface area contributed by atoms with Gasteiger partial charge in [-0.2, -0.15) is 0 Å². The Morgan fingerprint density at radius 3 is 2.90 bits per heavy atom. The molecule has 1 amide bonds. The van der Waals surface area contributed by atoms with Crippen LogP contribution in [0.1, 0.15) is 23.1 Å². The highest BCUT2D eigenvalue weighted by Crippen LogP contribution is 2.16. The second kappa shape index (κ2) is 5.65. The second-order valence-electron chi connectivity index (χ2n) is 4.51. The predicted octanol–water partition coefficient (Wildman–Crippen LogP) is 3.31. The van der Waals surface area contributed by atoms with Crippen LogP contribution in [0, 0.1) is 0 Å². The van der Waals surface area contributed by atoms with Gasteiger partial charge in [0, 0.05) is 16.9 Å². The predicted molar refractivity (Wildman–Crippen MR) is 84.5 cm³/mol. The molecule has 3 rings (SSSR count). The molecule has 0 atom stereocenters. The van der Waals surface area contributed by atoms with E-state index in [-0.39, 0.29) is 5.91 Å². The number of aryl methyl sites for hydroxylation is 1. The van der Waals surface area contributed by atoms with E-state index in [4.69, 9.17) is 0 Å². The number of imidazole rings is 1. The molecule has 21 heavy (non-hydrogen) atoms. The van der Waals surface area contributed by atoms with Crippen molar-refractivity contribution in [2.24, 2.45) is 0 Å². The monoisotopic (exact) mass is 344 g/mol. The molecule has 106 valence electrons. The topological polar surface area (TPSA) is 59.3 Å². The van der Waals surface area contributed by atoms with Crippen LogP contribution in [0.4, 0.5) is 5.82 Å². The molecule has 0 aliphatic rings. The first-order chi connectivity index (χ1) is 10.2. The summed E-state index contributed by atoms with van der Waals surface area (Å²) in [6, 6.07) is 9.24. The Morgan fingerprint density at radius 2 is 2.19 bits per heavy atom. The Balaban J connectivity index is 1.99. The average molecular weight is 345 g/mol. The lowest BCUT2D eigenvalue weighted by molar-refractivity contribution is 0.102. The summed E-state index contributed by atoms with van der Waals surface area (Å²) in [7, 11) is 0. The van der Waals surface area contributed by atoms with Gasteiger partial charge in [-0.1, -0.05) is 13.0 Å². The number of hydrogen-bond donors (Lipinski definition) is 1. The van der Waals surface area contributed by atoms with Gasteiger partial charge in [-0.05, 0) is 46.6 Å². The van der Waals surface area contributed by atoms with Gasteiger partial charge >= 0.3 is 0 Å². The van der Waals surface area contributed by atoms with Crippen LogP contribution in [0.5, 0.6) is 0 Å². The van der Waals surface area contributed by atoms with Crippen LogP contribution in [-0.4, -0.2) is 20.3 Å². The number of carbonyl (C=O) groups excluding carboxylic acids is 1. The molecule has 0 bridgehead atoms. The lowest BCUT2D eigenvalue weighted by Gasteiger charge is -2.06. The van der Waals surface area contributed by atoms with Crippen LogP contribution in [0.3, 0.4) is 0 Å². The Kier molecular flexibility index (Phi) is 3.70. The summed E-state index contributed by atoms with van der Waals surface area (Å²) in [4.78, 5) is 21.2. The highest BCUT2D eigenvalue weighted by Gasteiger charge is 2.18. The molecule has 0 spiro atoms. The van der Waals surface area contributed by atoms with E-state index in [0.717, 1.165) is 15.8 Å². The molecular formula is C15H13BrN4O. The summed E-state index contributed by atoms with van der Waals surface area (Å²) >= 11 is 3.32. The second-order valence-corrected chi connectivity index (χ2v) is 5.42. The number of carbonyl (C=O) groups is 1. The Bertz CT molecular complexity index is 795. The standard InChI is InChI=1S/C15H13BrN4O/c1-2-11-14(20-8-4-3-5-13(20)18-11)15(21)19-12-7-6-10(16)9-17-12/h3-9H,2H2,1H3,(H,17,19,21). The molecule has 3 aromatic heterocycles. The first-order valence-electron chi connectivity index (χ1n) is 6.58. The van der Waals surface area contributed by atoms with E-state index in [0.29, 0.717) is 17.9 Å². The number of pyridine rings is 2. The number of amides is 1. The van der Waals surface area contributed by atoms with Gasteiger partial charge in [0.2, 0.25) is 0 Å². The molecule has 3 aromatic rings. The number of anilines is 1. The minimum atomic E-state index is -0.208. The first kappa shape index (κ1) is 13.8. The molecule has 0 radical (unpaired) electrons. The zero-order chi connectivity index (χ0) is 14.8. The fraction of sp³-hybridized carbons (Fsp3) is 0.133. The summed E-state index contributed by atoms with van der Waals surface area (Å²) in [5, 5.41) is 2.81. The van der Waals surface area contributed by atoms with Crippen LogP contribution < -0.4 is 5.32 Å². The highest BCUT2D eigenvalue weighted by atomic mass is 79.9. The van der Waals surface area contributed by atoms with Gasteiger partial charge in [0.1, 0.15) is 17.2 Å². The third kappa shape index (κ3) is 2.67. The fourth-order valence-corrected chi connectivity index (χ4v) is 2.39. The molecule has 0 aliphatic carbocycles. The van der Waals surface area contributed by atoms with Gasteiger partial charge in [-0.3, -0.25) is 9.20 Å². The molecule has 6 heteroatoms. The van der Waals surface area contributed by atoms with E-state index in [9.17, 15) is 4.79 Å². The maximum Gasteiger partial charge on any atom is 0.275 e. The molecule has 3 heterocycles. The summed E-state index contributed by atoms with van der Waals surface area (Å²) in [6.45, 7) is 1.98. The quantitative estimate of drug-likeness (QED) is 0.792. The summed E-state index contributed by atoms with van der Waals surface area (Å²) in [5.74, 6) is 0.302. The summed E-state index contributed by atoms with van der Waals surface area (Å²) < 4.78 is 2.66. The zero-order valence-corrected chi connectivity index (χ0v) is 13.0. The number of hydrogen-bond acceptors (Lipinski definition) is 3. The van der Waals surface area contributed by atoms with E-state index in [2.05, 4.69) is 31.2 Å². The molecule has 0 unspecified atom stereocenters. The number of nitrogens with one attached hydrogen (secondary N) is 1. The third-order valence-corrected chi connectivity index (χ3v) is 3.59. The van der Waals surface area contributed by atoms with Crippen molar-refractivity contribution in [1.29, 1.82) is 0 Å². The highest BCUT2D eigenvalue weighted by molar-refractivity contribution is 9.10. The van der Waals surface area contributed by atoms with Gasteiger partial charge in [0.05, 0.1) is 5.69 Å². The molecule has 5 nitrogen and oxygen atoms in total. The summed E-state index contributed by atoms with van der Waals surface area (Å²) in [5.41, 5.74) is 2.09.